The number of esters is 1. The van der Waals surface area contributed by atoms with E-state index in [1.54, 1.807) is 0 Å². The quantitative estimate of drug-likeness (QED) is 0.734. The lowest BCUT2D eigenvalue weighted by atomic mass is 10.0. The summed E-state index contributed by atoms with van der Waals surface area (Å²) in [5.74, 6) is -0.260. The molecule has 86 valence electrons. The van der Waals surface area contributed by atoms with Crippen LogP contribution in [-0.4, -0.2) is 18.7 Å². The standard InChI is InChI=1S/C13H16O3/c1-10(14)16-13(12-8-5-9-15-12)11-6-3-2-4-7-11/h2-4,6-7,12-13H,5,8-9H2,1H3/t12-,13+/m1/s1. The topological polar surface area (TPSA) is 35.5 Å². The van der Waals surface area contributed by atoms with Crippen LogP contribution in [0.15, 0.2) is 30.3 Å². The molecule has 1 fully saturated rings. The minimum Gasteiger partial charge on any atom is -0.455 e. The Bertz CT molecular complexity index is 341. The van der Waals surface area contributed by atoms with Crippen LogP contribution in [0.3, 0.4) is 0 Å². The summed E-state index contributed by atoms with van der Waals surface area (Å²) in [4.78, 5) is 11.1. The molecule has 3 heteroatoms. The molecular weight excluding hydrogens is 204 g/mol. The van der Waals surface area contributed by atoms with Crippen molar-refractivity contribution >= 4 is 5.97 Å². The Balaban J connectivity index is 2.16. The molecule has 0 saturated carbocycles. The Morgan fingerprint density at radius 2 is 2.19 bits per heavy atom. The molecular formula is C13H16O3. The van der Waals surface area contributed by atoms with Crippen molar-refractivity contribution in [2.24, 2.45) is 0 Å². The first-order valence-electron chi connectivity index (χ1n) is 5.61. The first-order chi connectivity index (χ1) is 7.77. The van der Waals surface area contributed by atoms with E-state index in [1.165, 1.54) is 6.92 Å². The molecule has 0 unspecified atom stereocenters. The van der Waals surface area contributed by atoms with Gasteiger partial charge in [0.25, 0.3) is 0 Å². The summed E-state index contributed by atoms with van der Waals surface area (Å²) >= 11 is 0. The Hall–Kier alpha value is -1.35. The van der Waals surface area contributed by atoms with Crippen molar-refractivity contribution in [1.82, 2.24) is 0 Å². The highest BCUT2D eigenvalue weighted by Gasteiger charge is 2.29. The van der Waals surface area contributed by atoms with Crippen molar-refractivity contribution in [3.63, 3.8) is 0 Å². The normalized spacial score (nSPS) is 21.7. The minimum absolute atomic E-state index is 0.00583. The van der Waals surface area contributed by atoms with Crippen molar-refractivity contribution < 1.29 is 14.3 Å². The lowest BCUT2D eigenvalue weighted by Crippen LogP contribution is -2.22. The van der Waals surface area contributed by atoms with Gasteiger partial charge < -0.3 is 9.47 Å². The van der Waals surface area contributed by atoms with E-state index in [4.69, 9.17) is 9.47 Å². The molecule has 3 nitrogen and oxygen atoms in total. The second kappa shape index (κ2) is 5.12. The van der Waals surface area contributed by atoms with Gasteiger partial charge in [0.05, 0.1) is 6.10 Å². The molecule has 1 heterocycles. The Kier molecular flexibility index (Phi) is 3.57. The van der Waals surface area contributed by atoms with E-state index in [2.05, 4.69) is 0 Å². The number of rotatable bonds is 3. The lowest BCUT2D eigenvalue weighted by molar-refractivity contribution is -0.153. The molecule has 1 aliphatic rings. The highest BCUT2D eigenvalue weighted by Crippen LogP contribution is 2.29. The smallest absolute Gasteiger partial charge is 0.303 e. The molecule has 2 atom stereocenters. The lowest BCUT2D eigenvalue weighted by Gasteiger charge is -2.22. The molecule has 0 amide bonds. The van der Waals surface area contributed by atoms with Crippen LogP contribution in [-0.2, 0) is 14.3 Å². The Labute approximate surface area is 95.4 Å². The summed E-state index contributed by atoms with van der Waals surface area (Å²) in [7, 11) is 0. The fraction of sp³-hybridized carbons (Fsp3) is 0.462. The van der Waals surface area contributed by atoms with Crippen LogP contribution in [0.2, 0.25) is 0 Å². The summed E-state index contributed by atoms with van der Waals surface area (Å²) in [6.45, 7) is 2.19. The zero-order chi connectivity index (χ0) is 11.4. The SMILES string of the molecule is CC(=O)O[C@@H](c1ccccc1)[C@H]1CCCO1. The van der Waals surface area contributed by atoms with E-state index in [0.29, 0.717) is 0 Å². The van der Waals surface area contributed by atoms with E-state index in [9.17, 15) is 4.79 Å². The van der Waals surface area contributed by atoms with Gasteiger partial charge in [0.2, 0.25) is 0 Å². The molecule has 2 rings (SSSR count). The van der Waals surface area contributed by atoms with E-state index in [0.717, 1.165) is 25.0 Å². The van der Waals surface area contributed by atoms with Crippen molar-refractivity contribution in [3.8, 4) is 0 Å². The number of carbonyl (C=O) groups is 1. The van der Waals surface area contributed by atoms with Crippen LogP contribution < -0.4 is 0 Å². The number of hydrogen-bond donors (Lipinski definition) is 0. The van der Waals surface area contributed by atoms with Gasteiger partial charge in [-0.2, -0.15) is 0 Å². The highest BCUT2D eigenvalue weighted by molar-refractivity contribution is 5.66. The summed E-state index contributed by atoms with van der Waals surface area (Å²) in [6, 6.07) is 9.77. The predicted octanol–water partition coefficient (Wildman–Crippen LogP) is 2.47. The maximum atomic E-state index is 11.1. The van der Waals surface area contributed by atoms with Gasteiger partial charge in [-0.15, -0.1) is 0 Å². The van der Waals surface area contributed by atoms with Crippen LogP contribution in [0.1, 0.15) is 31.4 Å². The van der Waals surface area contributed by atoms with Gasteiger partial charge in [-0.1, -0.05) is 30.3 Å². The van der Waals surface area contributed by atoms with Gasteiger partial charge in [-0.25, -0.2) is 0 Å². The minimum atomic E-state index is -0.263. The van der Waals surface area contributed by atoms with Gasteiger partial charge >= 0.3 is 5.97 Å². The van der Waals surface area contributed by atoms with Crippen molar-refractivity contribution in [3.05, 3.63) is 35.9 Å². The van der Waals surface area contributed by atoms with Crippen molar-refractivity contribution in [2.75, 3.05) is 6.61 Å². The summed E-state index contributed by atoms with van der Waals surface area (Å²) in [6.07, 6.45) is 1.73. The van der Waals surface area contributed by atoms with Gasteiger partial charge in [-0.3, -0.25) is 4.79 Å². The number of hydrogen-bond acceptors (Lipinski definition) is 3. The molecule has 0 spiro atoms. The van der Waals surface area contributed by atoms with E-state index in [1.807, 2.05) is 30.3 Å². The van der Waals surface area contributed by atoms with E-state index < -0.39 is 0 Å². The average molecular weight is 220 g/mol. The largest absolute Gasteiger partial charge is 0.455 e. The number of ether oxygens (including phenoxy) is 2. The van der Waals surface area contributed by atoms with Crippen LogP contribution in [0.5, 0.6) is 0 Å². The molecule has 1 aliphatic heterocycles. The fourth-order valence-electron chi connectivity index (χ4n) is 2.02. The molecule has 16 heavy (non-hydrogen) atoms. The second-order valence-electron chi connectivity index (χ2n) is 3.99. The van der Waals surface area contributed by atoms with Crippen LogP contribution >= 0.6 is 0 Å². The molecule has 0 bridgehead atoms. The Morgan fingerprint density at radius 1 is 1.44 bits per heavy atom. The maximum absolute atomic E-state index is 11.1. The molecule has 1 aromatic rings. The van der Waals surface area contributed by atoms with E-state index in [-0.39, 0.29) is 18.2 Å². The third-order valence-electron chi connectivity index (χ3n) is 2.72. The molecule has 0 aliphatic carbocycles. The van der Waals surface area contributed by atoms with Crippen molar-refractivity contribution in [2.45, 2.75) is 32.0 Å². The molecule has 1 aromatic carbocycles. The van der Waals surface area contributed by atoms with Gasteiger partial charge in [0.1, 0.15) is 0 Å². The van der Waals surface area contributed by atoms with Gasteiger partial charge in [0, 0.05) is 13.5 Å². The second-order valence-corrected chi connectivity index (χ2v) is 3.99. The van der Waals surface area contributed by atoms with Gasteiger partial charge in [0.15, 0.2) is 6.10 Å². The first kappa shape index (κ1) is 11.1. The third-order valence-corrected chi connectivity index (χ3v) is 2.72. The zero-order valence-electron chi connectivity index (χ0n) is 9.39. The number of carbonyl (C=O) groups excluding carboxylic acids is 1. The van der Waals surface area contributed by atoms with Crippen LogP contribution in [0, 0.1) is 0 Å². The molecule has 0 aromatic heterocycles. The predicted molar refractivity (Wildman–Crippen MR) is 59.9 cm³/mol. The monoisotopic (exact) mass is 220 g/mol. The molecule has 0 radical (unpaired) electrons. The fourth-order valence-corrected chi connectivity index (χ4v) is 2.02. The number of benzene rings is 1. The Morgan fingerprint density at radius 3 is 2.75 bits per heavy atom. The maximum Gasteiger partial charge on any atom is 0.303 e. The average Bonchev–Trinajstić information content (AvgIpc) is 2.80. The summed E-state index contributed by atoms with van der Waals surface area (Å²) < 4.78 is 10.9. The van der Waals surface area contributed by atoms with E-state index >= 15 is 0 Å². The first-order valence-corrected chi connectivity index (χ1v) is 5.61. The van der Waals surface area contributed by atoms with Crippen LogP contribution in [0.4, 0.5) is 0 Å². The zero-order valence-corrected chi connectivity index (χ0v) is 9.39. The summed E-state index contributed by atoms with van der Waals surface area (Å²) in [5, 5.41) is 0. The molecule has 1 saturated heterocycles. The summed E-state index contributed by atoms with van der Waals surface area (Å²) in [5.41, 5.74) is 1.00. The highest BCUT2D eigenvalue weighted by atomic mass is 16.6. The van der Waals surface area contributed by atoms with Gasteiger partial charge in [-0.05, 0) is 18.4 Å². The molecule has 0 N–H and O–H groups in total. The van der Waals surface area contributed by atoms with Crippen molar-refractivity contribution in [1.29, 1.82) is 0 Å². The third kappa shape index (κ3) is 2.61. The van der Waals surface area contributed by atoms with Crippen LogP contribution in [0.25, 0.3) is 0 Å².